The van der Waals surface area contributed by atoms with E-state index >= 15 is 0 Å². The monoisotopic (exact) mass is 214 g/mol. The van der Waals surface area contributed by atoms with E-state index in [1.54, 1.807) is 6.08 Å². The van der Waals surface area contributed by atoms with Gasteiger partial charge in [0, 0.05) is 5.39 Å². The average Bonchev–Trinajstić information content (AvgIpc) is 2.30. The normalized spacial score (nSPS) is 10.6. The maximum atomic E-state index is 13.8. The summed E-state index contributed by atoms with van der Waals surface area (Å²) < 4.78 is 13.8. The summed E-state index contributed by atoms with van der Waals surface area (Å²) in [5, 5.41) is 1.64. The van der Waals surface area contributed by atoms with Crippen LogP contribution >= 0.6 is 0 Å². The van der Waals surface area contributed by atoms with Crippen molar-refractivity contribution in [3.63, 3.8) is 0 Å². The van der Waals surface area contributed by atoms with Crippen molar-refractivity contribution in [3.05, 3.63) is 53.9 Å². The lowest BCUT2D eigenvalue weighted by Crippen LogP contribution is -1.87. The van der Waals surface area contributed by atoms with Gasteiger partial charge in [0.2, 0.25) is 0 Å². The number of benzene rings is 2. The summed E-state index contributed by atoms with van der Waals surface area (Å²) in [4.78, 5) is 0. The van der Waals surface area contributed by atoms with Crippen LogP contribution in [0.4, 0.5) is 4.39 Å². The molecule has 2 aromatic carbocycles. The first-order chi connectivity index (χ1) is 7.74. The minimum absolute atomic E-state index is 0.162. The van der Waals surface area contributed by atoms with Gasteiger partial charge in [-0.3, -0.25) is 0 Å². The predicted octanol–water partition coefficient (Wildman–Crippen LogP) is 4.57. The van der Waals surface area contributed by atoms with Crippen molar-refractivity contribution < 1.29 is 4.39 Å². The number of hydrogen-bond donors (Lipinski definition) is 0. The zero-order valence-electron chi connectivity index (χ0n) is 9.46. The molecule has 0 atom stereocenters. The van der Waals surface area contributed by atoms with Crippen LogP contribution in [0.1, 0.15) is 24.5 Å². The van der Waals surface area contributed by atoms with Crippen molar-refractivity contribution in [2.24, 2.45) is 0 Å². The Morgan fingerprint density at radius 3 is 2.75 bits per heavy atom. The third-order valence-electron chi connectivity index (χ3n) is 2.76. The summed E-state index contributed by atoms with van der Waals surface area (Å²) in [7, 11) is 0. The highest BCUT2D eigenvalue weighted by atomic mass is 19.1. The fourth-order valence-corrected chi connectivity index (χ4v) is 1.94. The van der Waals surface area contributed by atoms with Gasteiger partial charge in [0.15, 0.2) is 0 Å². The Kier molecular flexibility index (Phi) is 3.04. The van der Waals surface area contributed by atoms with Gasteiger partial charge in [-0.15, -0.1) is 0 Å². The molecular weight excluding hydrogens is 199 g/mol. The molecule has 0 saturated heterocycles. The van der Waals surface area contributed by atoms with E-state index in [-0.39, 0.29) is 5.82 Å². The first-order valence-electron chi connectivity index (χ1n) is 5.59. The summed E-state index contributed by atoms with van der Waals surface area (Å²) >= 11 is 0. The lowest BCUT2D eigenvalue weighted by molar-refractivity contribution is 0.639. The Morgan fingerprint density at radius 2 is 2.06 bits per heavy atom. The van der Waals surface area contributed by atoms with Crippen molar-refractivity contribution >= 4 is 16.8 Å². The largest absolute Gasteiger partial charge is 0.206 e. The van der Waals surface area contributed by atoms with Crippen LogP contribution < -0.4 is 0 Å². The molecule has 0 aromatic heterocycles. The van der Waals surface area contributed by atoms with E-state index in [2.05, 4.69) is 19.6 Å². The molecule has 0 nitrogen and oxygen atoms in total. The molecule has 0 bridgehead atoms. The summed E-state index contributed by atoms with van der Waals surface area (Å²) in [5.41, 5.74) is 2.02. The molecule has 2 rings (SSSR count). The van der Waals surface area contributed by atoms with Gasteiger partial charge in [-0.1, -0.05) is 38.1 Å². The highest BCUT2D eigenvalue weighted by Crippen LogP contribution is 2.22. The first-order valence-corrected chi connectivity index (χ1v) is 5.59. The van der Waals surface area contributed by atoms with Crippen LogP contribution in [0, 0.1) is 5.82 Å². The van der Waals surface area contributed by atoms with E-state index in [4.69, 9.17) is 0 Å². The van der Waals surface area contributed by atoms with Crippen molar-refractivity contribution in [1.82, 2.24) is 0 Å². The molecule has 0 heterocycles. The molecule has 0 radical (unpaired) electrons. The molecule has 0 unspecified atom stereocenters. The second kappa shape index (κ2) is 4.48. The van der Waals surface area contributed by atoms with Crippen LogP contribution in [0.25, 0.3) is 16.8 Å². The summed E-state index contributed by atoms with van der Waals surface area (Å²) in [6, 6.07) is 9.49. The Hall–Kier alpha value is -1.63. The second-order valence-corrected chi connectivity index (χ2v) is 4.01. The molecule has 0 fully saturated rings. The predicted molar refractivity (Wildman–Crippen MR) is 68.0 cm³/mol. The Balaban J connectivity index is 2.60. The Morgan fingerprint density at radius 1 is 1.25 bits per heavy atom. The summed E-state index contributed by atoms with van der Waals surface area (Å²) in [6.45, 7) is 5.79. The SMILES string of the molecule is C=Cc1cc(F)c2cc(CCC)ccc2c1. The van der Waals surface area contributed by atoms with Crippen molar-refractivity contribution in [1.29, 1.82) is 0 Å². The van der Waals surface area contributed by atoms with E-state index in [1.165, 1.54) is 11.6 Å². The highest BCUT2D eigenvalue weighted by Gasteiger charge is 2.03. The van der Waals surface area contributed by atoms with E-state index in [0.717, 1.165) is 23.8 Å². The number of halogens is 1. The summed E-state index contributed by atoms with van der Waals surface area (Å²) in [5.74, 6) is -0.162. The van der Waals surface area contributed by atoms with Gasteiger partial charge in [0.05, 0.1) is 0 Å². The molecule has 0 N–H and O–H groups in total. The highest BCUT2D eigenvalue weighted by molar-refractivity contribution is 5.86. The van der Waals surface area contributed by atoms with Gasteiger partial charge < -0.3 is 0 Å². The van der Waals surface area contributed by atoms with Crippen LogP contribution in [0.5, 0.6) is 0 Å². The molecule has 0 spiro atoms. The maximum absolute atomic E-state index is 13.8. The fourth-order valence-electron chi connectivity index (χ4n) is 1.94. The van der Waals surface area contributed by atoms with Crippen molar-refractivity contribution in [2.75, 3.05) is 0 Å². The van der Waals surface area contributed by atoms with Crippen LogP contribution in [0.3, 0.4) is 0 Å². The van der Waals surface area contributed by atoms with Gasteiger partial charge in [0.1, 0.15) is 5.82 Å². The molecular formula is C15H15F. The standard InChI is InChI=1S/C15H15F/c1-3-5-12-6-7-13-8-11(4-2)10-15(16)14(13)9-12/h4,6-10H,2-3,5H2,1H3. The van der Waals surface area contributed by atoms with E-state index < -0.39 is 0 Å². The molecule has 1 heteroatoms. The zero-order chi connectivity index (χ0) is 11.5. The van der Waals surface area contributed by atoms with Gasteiger partial charge in [0.25, 0.3) is 0 Å². The minimum Gasteiger partial charge on any atom is -0.206 e. The van der Waals surface area contributed by atoms with Crippen LogP contribution in [0.2, 0.25) is 0 Å². The molecule has 0 saturated carbocycles. The average molecular weight is 214 g/mol. The molecule has 2 aromatic rings. The third kappa shape index (κ3) is 1.99. The van der Waals surface area contributed by atoms with Crippen molar-refractivity contribution in [3.8, 4) is 0 Å². The number of fused-ring (bicyclic) bond motifs is 1. The van der Waals surface area contributed by atoms with Gasteiger partial charge >= 0.3 is 0 Å². The number of rotatable bonds is 3. The molecule has 16 heavy (non-hydrogen) atoms. The van der Waals surface area contributed by atoms with Gasteiger partial charge in [-0.2, -0.15) is 0 Å². The topological polar surface area (TPSA) is 0 Å². The van der Waals surface area contributed by atoms with Crippen LogP contribution in [-0.4, -0.2) is 0 Å². The van der Waals surface area contributed by atoms with Crippen LogP contribution in [-0.2, 0) is 6.42 Å². The first kappa shape index (κ1) is 10.9. The molecule has 0 aliphatic carbocycles. The number of hydrogen-bond acceptors (Lipinski definition) is 0. The Bertz CT molecular complexity index is 526. The molecule has 0 aliphatic rings. The van der Waals surface area contributed by atoms with E-state index in [0.29, 0.717) is 5.39 Å². The van der Waals surface area contributed by atoms with E-state index in [9.17, 15) is 4.39 Å². The fraction of sp³-hybridized carbons (Fsp3) is 0.200. The van der Waals surface area contributed by atoms with Crippen molar-refractivity contribution in [2.45, 2.75) is 19.8 Å². The van der Waals surface area contributed by atoms with Gasteiger partial charge in [-0.25, -0.2) is 4.39 Å². The molecule has 82 valence electrons. The lowest BCUT2D eigenvalue weighted by Gasteiger charge is -2.05. The minimum atomic E-state index is -0.162. The number of aryl methyl sites for hydroxylation is 1. The lowest BCUT2D eigenvalue weighted by atomic mass is 10.0. The maximum Gasteiger partial charge on any atom is 0.131 e. The summed E-state index contributed by atoms with van der Waals surface area (Å²) in [6.07, 6.45) is 3.75. The van der Waals surface area contributed by atoms with Gasteiger partial charge in [-0.05, 0) is 41.1 Å². The van der Waals surface area contributed by atoms with E-state index in [1.807, 2.05) is 18.2 Å². The third-order valence-corrected chi connectivity index (χ3v) is 2.76. The van der Waals surface area contributed by atoms with Crippen LogP contribution in [0.15, 0.2) is 36.9 Å². The molecule has 0 aliphatic heterocycles. The molecule has 0 amide bonds. The zero-order valence-corrected chi connectivity index (χ0v) is 9.46. The smallest absolute Gasteiger partial charge is 0.131 e. The Labute approximate surface area is 95.4 Å². The second-order valence-electron chi connectivity index (χ2n) is 4.01. The quantitative estimate of drug-likeness (QED) is 0.701.